The van der Waals surface area contributed by atoms with Crippen molar-refractivity contribution in [2.24, 2.45) is 0 Å². The Bertz CT molecular complexity index is 1260. The van der Waals surface area contributed by atoms with Crippen LogP contribution in [0.3, 0.4) is 0 Å². The largest absolute Gasteiger partial charge is 0.348 e. The van der Waals surface area contributed by atoms with Gasteiger partial charge in [0.2, 0.25) is 10.0 Å². The van der Waals surface area contributed by atoms with Crippen LogP contribution in [-0.2, 0) is 23.1 Å². The first-order valence-corrected chi connectivity index (χ1v) is 12.7. The smallest absolute Gasteiger partial charge is 0.251 e. The molecular weight excluding hydrogens is 436 g/mol. The van der Waals surface area contributed by atoms with Gasteiger partial charge in [-0.25, -0.2) is 8.42 Å². The Labute approximate surface area is 195 Å². The number of aryl methyl sites for hydroxylation is 2. The molecule has 0 radical (unpaired) electrons. The topological polar surface area (TPSA) is 84.3 Å². The maximum absolute atomic E-state index is 13.1. The fourth-order valence-corrected chi connectivity index (χ4v) is 6.18. The Morgan fingerprint density at radius 2 is 1.67 bits per heavy atom. The fraction of sp³-hybridized carbons (Fsp3) is 0.360. The van der Waals surface area contributed by atoms with Crippen LogP contribution in [0.15, 0.2) is 53.4 Å². The van der Waals surface area contributed by atoms with Gasteiger partial charge in [0.05, 0.1) is 17.9 Å². The SMILES string of the molecule is Cc1ccccc1CNC(=O)c1ccc(Cn2nc(C)c(S(=O)(=O)N3CCCC3)c2C)cc1. The molecule has 7 nitrogen and oxygen atoms in total. The van der Waals surface area contributed by atoms with Crippen molar-refractivity contribution in [1.82, 2.24) is 19.4 Å². The van der Waals surface area contributed by atoms with E-state index in [-0.39, 0.29) is 5.91 Å². The third kappa shape index (κ3) is 4.86. The Hall–Kier alpha value is -2.97. The maximum Gasteiger partial charge on any atom is 0.251 e. The summed E-state index contributed by atoms with van der Waals surface area (Å²) in [6.45, 7) is 7.63. The highest BCUT2D eigenvalue weighted by Gasteiger charge is 2.32. The number of amides is 1. The molecule has 0 atom stereocenters. The van der Waals surface area contributed by atoms with Crippen molar-refractivity contribution < 1.29 is 13.2 Å². The van der Waals surface area contributed by atoms with Crippen LogP contribution in [-0.4, -0.2) is 41.5 Å². The van der Waals surface area contributed by atoms with Crippen LogP contribution in [0.2, 0.25) is 0 Å². The van der Waals surface area contributed by atoms with Crippen molar-refractivity contribution >= 4 is 15.9 Å². The monoisotopic (exact) mass is 466 g/mol. The molecule has 1 aliphatic heterocycles. The van der Waals surface area contributed by atoms with Gasteiger partial charge in [-0.05, 0) is 62.4 Å². The molecule has 3 aromatic rings. The van der Waals surface area contributed by atoms with Crippen LogP contribution < -0.4 is 5.32 Å². The minimum Gasteiger partial charge on any atom is -0.348 e. The summed E-state index contributed by atoms with van der Waals surface area (Å²) in [6.07, 6.45) is 1.80. The standard InChI is InChI=1S/C25H30N4O3S/c1-18-8-4-5-9-23(18)16-26-25(30)22-12-10-21(11-13-22)17-29-20(3)24(19(2)27-29)33(31,32)28-14-6-7-15-28/h4-5,8-13H,6-7,14-17H2,1-3H3,(H,26,30). The highest BCUT2D eigenvalue weighted by molar-refractivity contribution is 7.89. The average molecular weight is 467 g/mol. The van der Waals surface area contributed by atoms with Crippen LogP contribution in [0.4, 0.5) is 0 Å². The second kappa shape index (κ2) is 9.49. The minimum atomic E-state index is -3.52. The molecule has 1 aromatic heterocycles. The van der Waals surface area contributed by atoms with Crippen LogP contribution in [0.1, 0.15) is 51.3 Å². The first-order chi connectivity index (χ1) is 15.8. The summed E-state index contributed by atoms with van der Waals surface area (Å²) in [4.78, 5) is 12.9. The number of benzene rings is 2. The number of hydrogen-bond donors (Lipinski definition) is 1. The molecule has 1 fully saturated rings. The molecule has 0 unspecified atom stereocenters. The maximum atomic E-state index is 13.1. The van der Waals surface area contributed by atoms with Crippen LogP contribution >= 0.6 is 0 Å². The third-order valence-electron chi connectivity index (χ3n) is 6.23. The van der Waals surface area contributed by atoms with Crippen molar-refractivity contribution in [3.8, 4) is 0 Å². The lowest BCUT2D eigenvalue weighted by molar-refractivity contribution is 0.0951. The summed E-state index contributed by atoms with van der Waals surface area (Å²) >= 11 is 0. The molecule has 174 valence electrons. The second-order valence-electron chi connectivity index (χ2n) is 8.57. The van der Waals surface area contributed by atoms with Crippen molar-refractivity contribution in [2.75, 3.05) is 13.1 Å². The van der Waals surface area contributed by atoms with Crippen LogP contribution in [0.25, 0.3) is 0 Å². The molecule has 8 heteroatoms. The lowest BCUT2D eigenvalue weighted by Crippen LogP contribution is -2.28. The quantitative estimate of drug-likeness (QED) is 0.577. The lowest BCUT2D eigenvalue weighted by atomic mass is 10.1. The van der Waals surface area contributed by atoms with Gasteiger partial charge in [-0.3, -0.25) is 9.48 Å². The number of sulfonamides is 1. The van der Waals surface area contributed by atoms with E-state index in [0.29, 0.717) is 48.0 Å². The number of nitrogens with one attached hydrogen (secondary N) is 1. The van der Waals surface area contributed by atoms with E-state index >= 15 is 0 Å². The van der Waals surface area contributed by atoms with E-state index < -0.39 is 10.0 Å². The predicted octanol–water partition coefficient (Wildman–Crippen LogP) is 3.57. The van der Waals surface area contributed by atoms with Gasteiger partial charge in [0, 0.05) is 25.2 Å². The van der Waals surface area contributed by atoms with E-state index in [2.05, 4.69) is 10.4 Å². The number of aromatic nitrogens is 2. The van der Waals surface area contributed by atoms with E-state index in [0.717, 1.165) is 29.5 Å². The van der Waals surface area contributed by atoms with Gasteiger partial charge in [-0.1, -0.05) is 36.4 Å². The molecule has 2 heterocycles. The number of rotatable bonds is 7. The second-order valence-corrected chi connectivity index (χ2v) is 10.4. The van der Waals surface area contributed by atoms with Crippen molar-refractivity contribution in [1.29, 1.82) is 0 Å². The Morgan fingerprint density at radius 1 is 1.00 bits per heavy atom. The molecule has 1 saturated heterocycles. The summed E-state index contributed by atoms with van der Waals surface area (Å²) in [6, 6.07) is 15.3. The Kier molecular flexibility index (Phi) is 6.67. The molecule has 4 rings (SSSR count). The highest BCUT2D eigenvalue weighted by atomic mass is 32.2. The molecule has 2 aromatic carbocycles. The molecule has 1 N–H and O–H groups in total. The third-order valence-corrected chi connectivity index (χ3v) is 8.38. The highest BCUT2D eigenvalue weighted by Crippen LogP contribution is 2.26. The van der Waals surface area contributed by atoms with Crippen LogP contribution in [0.5, 0.6) is 0 Å². The number of carbonyl (C=O) groups is 1. The number of hydrogen-bond acceptors (Lipinski definition) is 4. The van der Waals surface area contributed by atoms with E-state index in [1.54, 1.807) is 35.0 Å². The summed E-state index contributed by atoms with van der Waals surface area (Å²) in [5.74, 6) is -0.130. The average Bonchev–Trinajstić information content (AvgIpc) is 3.43. The molecule has 0 saturated carbocycles. The first-order valence-electron chi connectivity index (χ1n) is 11.2. The molecule has 33 heavy (non-hydrogen) atoms. The Balaban J connectivity index is 1.45. The Morgan fingerprint density at radius 3 is 2.33 bits per heavy atom. The molecule has 1 amide bonds. The van der Waals surface area contributed by atoms with Gasteiger partial charge in [0.15, 0.2) is 0 Å². The summed E-state index contributed by atoms with van der Waals surface area (Å²) in [5.41, 5.74) is 4.92. The van der Waals surface area contributed by atoms with Gasteiger partial charge in [0.1, 0.15) is 4.90 Å². The summed E-state index contributed by atoms with van der Waals surface area (Å²) < 4.78 is 29.4. The summed E-state index contributed by atoms with van der Waals surface area (Å²) in [7, 11) is -3.52. The minimum absolute atomic E-state index is 0.130. The molecular formula is C25H30N4O3S. The van der Waals surface area contributed by atoms with E-state index in [9.17, 15) is 13.2 Å². The first kappa shape index (κ1) is 23.2. The van der Waals surface area contributed by atoms with Gasteiger partial charge < -0.3 is 5.32 Å². The summed E-state index contributed by atoms with van der Waals surface area (Å²) in [5, 5.41) is 7.46. The van der Waals surface area contributed by atoms with Gasteiger partial charge >= 0.3 is 0 Å². The molecule has 0 spiro atoms. The van der Waals surface area contributed by atoms with Gasteiger partial charge in [-0.15, -0.1) is 0 Å². The zero-order valence-electron chi connectivity index (χ0n) is 19.3. The van der Waals surface area contributed by atoms with E-state index in [1.807, 2.05) is 43.3 Å². The zero-order chi connectivity index (χ0) is 23.6. The molecule has 0 bridgehead atoms. The number of nitrogens with zero attached hydrogens (tertiary/aromatic N) is 3. The molecule has 0 aliphatic carbocycles. The van der Waals surface area contributed by atoms with E-state index in [1.165, 1.54) is 0 Å². The zero-order valence-corrected chi connectivity index (χ0v) is 20.2. The van der Waals surface area contributed by atoms with Gasteiger partial charge in [-0.2, -0.15) is 9.40 Å². The van der Waals surface area contributed by atoms with Crippen molar-refractivity contribution in [3.05, 3.63) is 82.2 Å². The normalized spacial score (nSPS) is 14.5. The number of carbonyl (C=O) groups excluding carboxylic acids is 1. The van der Waals surface area contributed by atoms with Crippen molar-refractivity contribution in [2.45, 2.75) is 51.6 Å². The van der Waals surface area contributed by atoms with E-state index in [4.69, 9.17) is 0 Å². The predicted molar refractivity (Wildman–Crippen MR) is 128 cm³/mol. The van der Waals surface area contributed by atoms with Crippen LogP contribution in [0, 0.1) is 20.8 Å². The lowest BCUT2D eigenvalue weighted by Gasteiger charge is -2.15. The molecule has 1 aliphatic rings. The van der Waals surface area contributed by atoms with Gasteiger partial charge in [0.25, 0.3) is 5.91 Å². The van der Waals surface area contributed by atoms with Crippen molar-refractivity contribution in [3.63, 3.8) is 0 Å². The fourth-order valence-electron chi connectivity index (χ4n) is 4.29.